The zero-order chi connectivity index (χ0) is 11.5. The number of rotatable bonds is 2. The molecule has 0 aromatic carbocycles. The summed E-state index contributed by atoms with van der Waals surface area (Å²) < 4.78 is 0. The minimum absolute atomic E-state index is 0.192. The van der Waals surface area contributed by atoms with Crippen molar-refractivity contribution in [2.75, 3.05) is 0 Å². The van der Waals surface area contributed by atoms with Crippen LogP contribution in [0, 0.1) is 13.8 Å². The molecule has 2 rings (SSSR count). The standard InChI is InChI=1S/C12H18N2OS/c1-8-7-9(2)14-12(13-8)16-11-6-4-3-5-10(11)15/h7,10-11,15H,3-6H2,1-2H3/t10-,11+/m0/s1. The van der Waals surface area contributed by atoms with E-state index in [0.29, 0.717) is 0 Å². The SMILES string of the molecule is Cc1cc(C)nc(S[C@@H]2CCCC[C@@H]2O)n1. The number of thioether (sulfide) groups is 1. The fourth-order valence-electron chi connectivity index (χ4n) is 2.10. The van der Waals surface area contributed by atoms with Crippen molar-refractivity contribution in [1.29, 1.82) is 0 Å². The maximum atomic E-state index is 9.89. The first-order chi connectivity index (χ1) is 7.65. The van der Waals surface area contributed by atoms with Crippen molar-refractivity contribution in [2.45, 2.75) is 56.0 Å². The predicted octanol–water partition coefficient (Wildman–Crippen LogP) is 2.49. The molecule has 1 fully saturated rings. The highest BCUT2D eigenvalue weighted by Crippen LogP contribution is 2.32. The van der Waals surface area contributed by atoms with Gasteiger partial charge in [-0.1, -0.05) is 24.6 Å². The van der Waals surface area contributed by atoms with E-state index in [4.69, 9.17) is 0 Å². The van der Waals surface area contributed by atoms with Crippen LogP contribution in [0.25, 0.3) is 0 Å². The summed E-state index contributed by atoms with van der Waals surface area (Å²) in [5.74, 6) is 0. The second-order valence-electron chi connectivity index (χ2n) is 4.44. The minimum Gasteiger partial charge on any atom is -0.392 e. The highest BCUT2D eigenvalue weighted by Gasteiger charge is 2.24. The number of aryl methyl sites for hydroxylation is 2. The Morgan fingerprint density at radius 1 is 1.19 bits per heavy atom. The van der Waals surface area contributed by atoms with Crippen molar-refractivity contribution in [3.63, 3.8) is 0 Å². The first-order valence-electron chi connectivity index (χ1n) is 5.82. The van der Waals surface area contributed by atoms with Gasteiger partial charge in [0.25, 0.3) is 0 Å². The Bertz CT molecular complexity index is 350. The van der Waals surface area contributed by atoms with Gasteiger partial charge in [0.2, 0.25) is 0 Å². The quantitative estimate of drug-likeness (QED) is 0.804. The third-order valence-electron chi connectivity index (χ3n) is 2.89. The molecule has 0 bridgehead atoms. The van der Waals surface area contributed by atoms with Crippen LogP contribution in [0.3, 0.4) is 0 Å². The molecule has 0 aliphatic heterocycles. The number of aliphatic hydroxyl groups excluding tert-OH is 1. The molecule has 0 saturated heterocycles. The van der Waals surface area contributed by atoms with E-state index in [9.17, 15) is 5.11 Å². The van der Waals surface area contributed by atoms with Crippen LogP contribution in [0.1, 0.15) is 37.1 Å². The van der Waals surface area contributed by atoms with E-state index in [1.807, 2.05) is 19.9 Å². The summed E-state index contributed by atoms with van der Waals surface area (Å²) in [6.07, 6.45) is 4.15. The number of aliphatic hydroxyl groups is 1. The van der Waals surface area contributed by atoms with Gasteiger partial charge in [0.15, 0.2) is 5.16 Å². The topological polar surface area (TPSA) is 46.0 Å². The summed E-state index contributed by atoms with van der Waals surface area (Å²) in [6, 6.07) is 1.97. The predicted molar refractivity (Wildman–Crippen MR) is 65.6 cm³/mol. The molecule has 16 heavy (non-hydrogen) atoms. The summed E-state index contributed by atoms with van der Waals surface area (Å²) in [6.45, 7) is 3.96. The van der Waals surface area contributed by atoms with E-state index in [1.54, 1.807) is 11.8 Å². The zero-order valence-electron chi connectivity index (χ0n) is 9.81. The molecule has 4 heteroatoms. The van der Waals surface area contributed by atoms with E-state index in [2.05, 4.69) is 9.97 Å². The molecule has 1 aliphatic carbocycles. The number of aromatic nitrogens is 2. The minimum atomic E-state index is -0.192. The first-order valence-corrected chi connectivity index (χ1v) is 6.70. The fraction of sp³-hybridized carbons (Fsp3) is 0.667. The highest BCUT2D eigenvalue weighted by atomic mass is 32.2. The van der Waals surface area contributed by atoms with Gasteiger partial charge >= 0.3 is 0 Å². The summed E-state index contributed by atoms with van der Waals surface area (Å²) in [7, 11) is 0. The molecule has 1 aliphatic rings. The normalized spacial score (nSPS) is 25.7. The Morgan fingerprint density at radius 2 is 1.81 bits per heavy atom. The van der Waals surface area contributed by atoms with Crippen molar-refractivity contribution in [3.05, 3.63) is 17.5 Å². The monoisotopic (exact) mass is 238 g/mol. The van der Waals surface area contributed by atoms with Crippen LogP contribution in [-0.4, -0.2) is 26.4 Å². The van der Waals surface area contributed by atoms with Crippen LogP contribution >= 0.6 is 11.8 Å². The Labute approximate surface area is 101 Å². The Hall–Kier alpha value is -0.610. The van der Waals surface area contributed by atoms with Crippen molar-refractivity contribution < 1.29 is 5.11 Å². The maximum absolute atomic E-state index is 9.89. The summed E-state index contributed by atoms with van der Waals surface area (Å²) in [5, 5.41) is 11.0. The van der Waals surface area contributed by atoms with Gasteiger partial charge < -0.3 is 5.11 Å². The van der Waals surface area contributed by atoms with Crippen LogP contribution in [0.4, 0.5) is 0 Å². The van der Waals surface area contributed by atoms with Crippen LogP contribution in [0.15, 0.2) is 11.2 Å². The van der Waals surface area contributed by atoms with Crippen molar-refractivity contribution in [1.82, 2.24) is 9.97 Å². The van der Waals surface area contributed by atoms with E-state index in [0.717, 1.165) is 35.8 Å². The van der Waals surface area contributed by atoms with Crippen LogP contribution in [0.2, 0.25) is 0 Å². The van der Waals surface area contributed by atoms with Crippen molar-refractivity contribution in [3.8, 4) is 0 Å². The van der Waals surface area contributed by atoms with Gasteiger partial charge in [-0.25, -0.2) is 9.97 Å². The molecular weight excluding hydrogens is 220 g/mol. The molecule has 1 aromatic rings. The van der Waals surface area contributed by atoms with E-state index < -0.39 is 0 Å². The van der Waals surface area contributed by atoms with Crippen molar-refractivity contribution >= 4 is 11.8 Å². The Morgan fingerprint density at radius 3 is 2.44 bits per heavy atom. The van der Waals surface area contributed by atoms with Gasteiger partial charge in [-0.05, 0) is 32.8 Å². The lowest BCUT2D eigenvalue weighted by Gasteiger charge is -2.26. The Balaban J connectivity index is 2.07. The van der Waals surface area contributed by atoms with Crippen LogP contribution < -0.4 is 0 Å². The molecule has 1 aromatic heterocycles. The lowest BCUT2D eigenvalue weighted by Crippen LogP contribution is -2.27. The molecule has 2 atom stereocenters. The highest BCUT2D eigenvalue weighted by molar-refractivity contribution is 7.99. The zero-order valence-corrected chi connectivity index (χ0v) is 10.6. The molecule has 1 heterocycles. The number of hydrogen-bond donors (Lipinski definition) is 1. The average Bonchev–Trinajstić information content (AvgIpc) is 2.20. The van der Waals surface area contributed by atoms with Gasteiger partial charge in [0.05, 0.1) is 6.10 Å². The van der Waals surface area contributed by atoms with Crippen LogP contribution in [0.5, 0.6) is 0 Å². The molecule has 3 nitrogen and oxygen atoms in total. The lowest BCUT2D eigenvalue weighted by atomic mass is 9.97. The molecule has 0 radical (unpaired) electrons. The van der Waals surface area contributed by atoms with Gasteiger partial charge in [-0.15, -0.1) is 0 Å². The van der Waals surface area contributed by atoms with E-state index in [1.165, 1.54) is 6.42 Å². The third kappa shape index (κ3) is 2.95. The molecule has 88 valence electrons. The second kappa shape index (κ2) is 5.15. The smallest absolute Gasteiger partial charge is 0.188 e. The largest absolute Gasteiger partial charge is 0.392 e. The van der Waals surface area contributed by atoms with E-state index >= 15 is 0 Å². The molecule has 0 spiro atoms. The number of nitrogens with zero attached hydrogens (tertiary/aromatic N) is 2. The summed E-state index contributed by atoms with van der Waals surface area (Å²) >= 11 is 1.63. The maximum Gasteiger partial charge on any atom is 0.188 e. The molecule has 0 unspecified atom stereocenters. The van der Waals surface area contributed by atoms with Gasteiger partial charge in [-0.3, -0.25) is 0 Å². The van der Waals surface area contributed by atoms with Gasteiger partial charge in [0, 0.05) is 16.6 Å². The molecule has 1 N–H and O–H groups in total. The van der Waals surface area contributed by atoms with Gasteiger partial charge in [-0.2, -0.15) is 0 Å². The fourth-order valence-corrected chi connectivity index (χ4v) is 3.34. The first kappa shape index (κ1) is 11.9. The van der Waals surface area contributed by atoms with Crippen LogP contribution in [-0.2, 0) is 0 Å². The average molecular weight is 238 g/mol. The lowest BCUT2D eigenvalue weighted by molar-refractivity contribution is 0.137. The Kier molecular flexibility index (Phi) is 3.82. The third-order valence-corrected chi connectivity index (χ3v) is 4.13. The van der Waals surface area contributed by atoms with E-state index in [-0.39, 0.29) is 11.4 Å². The summed E-state index contributed by atoms with van der Waals surface area (Å²) in [5.41, 5.74) is 2.00. The molecule has 0 amide bonds. The summed E-state index contributed by atoms with van der Waals surface area (Å²) in [4.78, 5) is 8.81. The number of hydrogen-bond acceptors (Lipinski definition) is 4. The van der Waals surface area contributed by atoms with Gasteiger partial charge in [0.1, 0.15) is 0 Å². The molecule has 1 saturated carbocycles. The second-order valence-corrected chi connectivity index (χ2v) is 5.65. The van der Waals surface area contributed by atoms with Crippen molar-refractivity contribution in [2.24, 2.45) is 0 Å². The molecular formula is C12H18N2OS.